The van der Waals surface area contributed by atoms with Gasteiger partial charge in [0.25, 0.3) is 0 Å². The quantitative estimate of drug-likeness (QED) is 0.425. The van der Waals surface area contributed by atoms with E-state index in [2.05, 4.69) is 6.92 Å². The smallest absolute Gasteiger partial charge is 0.310 e. The predicted molar refractivity (Wildman–Crippen MR) is 85.8 cm³/mol. The number of hydrogen-bond acceptors (Lipinski definition) is 3. The summed E-state index contributed by atoms with van der Waals surface area (Å²) in [5.41, 5.74) is 0. The first-order valence-electron chi connectivity index (χ1n) is 8.59. The number of carboxylic acid groups (broad SMARTS) is 2. The monoisotopic (exact) mass is 316 g/mol. The minimum atomic E-state index is -1.22. The zero-order valence-corrected chi connectivity index (χ0v) is 14.0. The third-order valence-electron chi connectivity index (χ3n) is 4.24. The van der Waals surface area contributed by atoms with Crippen molar-refractivity contribution < 1.29 is 24.9 Å². The van der Waals surface area contributed by atoms with Crippen LogP contribution in [0.15, 0.2) is 0 Å². The number of aliphatic carboxylic acids is 2. The Morgan fingerprint density at radius 3 is 1.73 bits per heavy atom. The summed E-state index contributed by atoms with van der Waals surface area (Å²) in [5.74, 6) is -4.57. The SMILES string of the molecule is CCCCCCCCCCC(C(=O)O)C(C(=O)O)C(O)CC. The fourth-order valence-corrected chi connectivity index (χ4v) is 2.81. The Morgan fingerprint density at radius 1 is 0.818 bits per heavy atom. The van der Waals surface area contributed by atoms with Crippen molar-refractivity contribution in [1.29, 1.82) is 0 Å². The molecule has 0 fully saturated rings. The molecule has 0 spiro atoms. The maximum absolute atomic E-state index is 11.3. The van der Waals surface area contributed by atoms with E-state index in [1.165, 1.54) is 25.7 Å². The zero-order valence-electron chi connectivity index (χ0n) is 14.0. The van der Waals surface area contributed by atoms with Gasteiger partial charge in [0.15, 0.2) is 0 Å². The van der Waals surface area contributed by atoms with Crippen LogP contribution >= 0.6 is 0 Å². The summed E-state index contributed by atoms with van der Waals surface area (Å²) in [6.07, 6.45) is 8.23. The number of carbonyl (C=O) groups is 2. The summed E-state index contributed by atoms with van der Waals surface area (Å²) in [7, 11) is 0. The lowest BCUT2D eigenvalue weighted by Gasteiger charge is -2.24. The minimum absolute atomic E-state index is 0.248. The van der Waals surface area contributed by atoms with Crippen LogP contribution in [-0.2, 0) is 9.59 Å². The molecule has 5 nitrogen and oxygen atoms in total. The molecule has 0 aliphatic carbocycles. The Bertz CT molecular complexity index is 316. The summed E-state index contributed by atoms with van der Waals surface area (Å²) in [6.45, 7) is 3.84. The first-order valence-corrected chi connectivity index (χ1v) is 8.59. The second kappa shape index (κ2) is 12.4. The Hall–Kier alpha value is -1.10. The fourth-order valence-electron chi connectivity index (χ4n) is 2.81. The van der Waals surface area contributed by atoms with E-state index in [1.807, 2.05) is 0 Å². The first kappa shape index (κ1) is 20.9. The molecule has 0 aromatic carbocycles. The summed E-state index contributed by atoms with van der Waals surface area (Å²) in [6, 6.07) is 0. The van der Waals surface area contributed by atoms with Gasteiger partial charge in [0.1, 0.15) is 0 Å². The highest BCUT2D eigenvalue weighted by molar-refractivity contribution is 5.80. The van der Waals surface area contributed by atoms with E-state index in [9.17, 15) is 24.9 Å². The molecule has 0 aromatic heterocycles. The van der Waals surface area contributed by atoms with Crippen molar-refractivity contribution in [2.45, 2.75) is 84.2 Å². The Labute approximate surface area is 133 Å². The molecule has 0 amide bonds. The molecule has 130 valence electrons. The van der Waals surface area contributed by atoms with Gasteiger partial charge in [-0.1, -0.05) is 65.2 Å². The maximum atomic E-state index is 11.3. The molecule has 0 heterocycles. The summed E-state index contributed by atoms with van der Waals surface area (Å²) in [5, 5.41) is 28.2. The molecule has 0 radical (unpaired) electrons. The van der Waals surface area contributed by atoms with Gasteiger partial charge in [-0.05, 0) is 12.8 Å². The zero-order chi connectivity index (χ0) is 17.0. The average molecular weight is 316 g/mol. The highest BCUT2D eigenvalue weighted by atomic mass is 16.4. The van der Waals surface area contributed by atoms with E-state index in [1.54, 1.807) is 6.92 Å². The van der Waals surface area contributed by atoms with Crippen molar-refractivity contribution in [3.63, 3.8) is 0 Å². The number of aliphatic hydroxyl groups excluding tert-OH is 1. The molecule has 0 aliphatic rings. The third-order valence-corrected chi connectivity index (χ3v) is 4.24. The average Bonchev–Trinajstić information content (AvgIpc) is 2.47. The number of aliphatic hydroxyl groups is 1. The van der Waals surface area contributed by atoms with Crippen molar-refractivity contribution in [3.8, 4) is 0 Å². The Kier molecular flexibility index (Phi) is 11.8. The molecular formula is C17H32O5. The lowest BCUT2D eigenvalue weighted by Crippen LogP contribution is -2.38. The standard InChI is InChI=1S/C17H32O5/c1-3-5-6-7-8-9-10-11-12-13(16(19)20)15(17(21)22)14(18)4-2/h13-15,18H,3-12H2,1-2H3,(H,19,20)(H,21,22). The minimum Gasteiger partial charge on any atom is -0.481 e. The normalized spacial score (nSPS) is 15.2. The number of unbranched alkanes of at least 4 members (excludes halogenated alkanes) is 7. The molecule has 0 rings (SSSR count). The van der Waals surface area contributed by atoms with E-state index < -0.39 is 29.9 Å². The van der Waals surface area contributed by atoms with Crippen molar-refractivity contribution in [2.75, 3.05) is 0 Å². The number of rotatable bonds is 14. The van der Waals surface area contributed by atoms with Gasteiger partial charge in [-0.2, -0.15) is 0 Å². The van der Waals surface area contributed by atoms with E-state index in [4.69, 9.17) is 0 Å². The molecule has 0 bridgehead atoms. The molecule has 0 aromatic rings. The van der Waals surface area contributed by atoms with Crippen molar-refractivity contribution >= 4 is 11.9 Å². The maximum Gasteiger partial charge on any atom is 0.310 e. The van der Waals surface area contributed by atoms with Crippen LogP contribution < -0.4 is 0 Å². The van der Waals surface area contributed by atoms with Crippen LogP contribution in [-0.4, -0.2) is 33.4 Å². The highest BCUT2D eigenvalue weighted by Gasteiger charge is 2.37. The fraction of sp³-hybridized carbons (Fsp3) is 0.882. The lowest BCUT2D eigenvalue weighted by molar-refractivity contribution is -0.159. The molecule has 22 heavy (non-hydrogen) atoms. The Balaban J connectivity index is 4.19. The van der Waals surface area contributed by atoms with E-state index in [0.29, 0.717) is 12.8 Å². The molecular weight excluding hydrogens is 284 g/mol. The number of hydrogen-bond donors (Lipinski definition) is 3. The van der Waals surface area contributed by atoms with Crippen LogP contribution in [0, 0.1) is 11.8 Å². The lowest BCUT2D eigenvalue weighted by atomic mass is 9.83. The molecule has 0 aliphatic heterocycles. The van der Waals surface area contributed by atoms with E-state index in [0.717, 1.165) is 19.3 Å². The molecule has 0 saturated carbocycles. The van der Waals surface area contributed by atoms with Gasteiger partial charge in [0.05, 0.1) is 17.9 Å². The summed E-state index contributed by atoms with van der Waals surface area (Å²) >= 11 is 0. The molecule has 3 unspecified atom stereocenters. The van der Waals surface area contributed by atoms with Gasteiger partial charge in [-0.15, -0.1) is 0 Å². The molecule has 0 saturated heterocycles. The van der Waals surface area contributed by atoms with Gasteiger partial charge in [0, 0.05) is 0 Å². The Morgan fingerprint density at radius 2 is 1.32 bits per heavy atom. The van der Waals surface area contributed by atoms with Crippen LogP contribution in [0.25, 0.3) is 0 Å². The highest BCUT2D eigenvalue weighted by Crippen LogP contribution is 2.25. The first-order chi connectivity index (χ1) is 10.5. The van der Waals surface area contributed by atoms with Crippen LogP contribution in [0.2, 0.25) is 0 Å². The van der Waals surface area contributed by atoms with Crippen molar-refractivity contribution in [3.05, 3.63) is 0 Å². The van der Waals surface area contributed by atoms with Crippen molar-refractivity contribution in [1.82, 2.24) is 0 Å². The summed E-state index contributed by atoms with van der Waals surface area (Å²) < 4.78 is 0. The van der Waals surface area contributed by atoms with Gasteiger partial charge >= 0.3 is 11.9 Å². The second-order valence-electron chi connectivity index (χ2n) is 6.05. The van der Waals surface area contributed by atoms with Gasteiger partial charge in [-0.25, -0.2) is 0 Å². The second-order valence-corrected chi connectivity index (χ2v) is 6.05. The molecule has 3 N–H and O–H groups in total. The topological polar surface area (TPSA) is 94.8 Å². The third kappa shape index (κ3) is 8.37. The van der Waals surface area contributed by atoms with Crippen LogP contribution in [0.1, 0.15) is 78.1 Å². The summed E-state index contributed by atoms with van der Waals surface area (Å²) in [4.78, 5) is 22.6. The van der Waals surface area contributed by atoms with Crippen LogP contribution in [0.4, 0.5) is 0 Å². The largest absolute Gasteiger partial charge is 0.481 e. The molecule has 5 heteroatoms. The van der Waals surface area contributed by atoms with Gasteiger partial charge in [0.2, 0.25) is 0 Å². The molecule has 3 atom stereocenters. The van der Waals surface area contributed by atoms with Gasteiger partial charge < -0.3 is 15.3 Å². The predicted octanol–water partition coefficient (Wildman–Crippen LogP) is 3.69. The van der Waals surface area contributed by atoms with Crippen LogP contribution in [0.5, 0.6) is 0 Å². The number of carboxylic acids is 2. The van der Waals surface area contributed by atoms with Gasteiger partial charge in [-0.3, -0.25) is 9.59 Å². The van der Waals surface area contributed by atoms with Crippen molar-refractivity contribution in [2.24, 2.45) is 11.8 Å². The van der Waals surface area contributed by atoms with E-state index >= 15 is 0 Å². The van der Waals surface area contributed by atoms with E-state index in [-0.39, 0.29) is 6.42 Å². The van der Waals surface area contributed by atoms with Crippen LogP contribution in [0.3, 0.4) is 0 Å².